The van der Waals surface area contributed by atoms with E-state index in [1.165, 1.54) is 36.2 Å². The molecule has 0 saturated heterocycles. The molecule has 0 bridgehead atoms. The van der Waals surface area contributed by atoms with Crippen LogP contribution in [0.15, 0.2) is 36.5 Å². The van der Waals surface area contributed by atoms with E-state index in [1.54, 1.807) is 6.07 Å². The van der Waals surface area contributed by atoms with Crippen LogP contribution in [0.25, 0.3) is 0 Å². The first kappa shape index (κ1) is 21.0. The van der Waals surface area contributed by atoms with Crippen molar-refractivity contribution in [3.8, 4) is 5.88 Å². The molecule has 1 unspecified atom stereocenters. The average molecular weight is 407 g/mol. The summed E-state index contributed by atoms with van der Waals surface area (Å²) in [6, 6.07) is 8.80. The first-order valence-electron chi connectivity index (χ1n) is 9.61. The fourth-order valence-corrected chi connectivity index (χ4v) is 3.33. The monoisotopic (exact) mass is 407 g/mol. The number of amides is 2. The molecule has 1 aromatic heterocycles. The fraction of sp³-hybridized carbons (Fsp3) is 0.429. The summed E-state index contributed by atoms with van der Waals surface area (Å²) < 4.78 is 41.3. The molecule has 8 heteroatoms. The zero-order chi connectivity index (χ0) is 20.9. The van der Waals surface area contributed by atoms with Gasteiger partial charge in [0.15, 0.2) is 6.61 Å². The number of hydrogen-bond donors (Lipinski definition) is 2. The summed E-state index contributed by atoms with van der Waals surface area (Å²) in [5.41, 5.74) is 4.38. The maximum atomic E-state index is 12.2. The third-order valence-electron chi connectivity index (χ3n) is 4.86. The zero-order valence-electron chi connectivity index (χ0n) is 16.2. The van der Waals surface area contributed by atoms with Gasteiger partial charge in [0, 0.05) is 18.8 Å². The standard InChI is InChI=1S/C21H24F3N3O2/c1-14(17-7-6-16-4-2-3-5-18(16)11-17)27-20(28)26-12-15-8-9-25-19(10-15)29-13-21(22,23)24/h6-11,14H,2-5,12-13H2,1H3,(H2,26,27,28). The van der Waals surface area contributed by atoms with Crippen LogP contribution in [0.2, 0.25) is 0 Å². The van der Waals surface area contributed by atoms with E-state index in [9.17, 15) is 18.0 Å². The van der Waals surface area contributed by atoms with Crippen molar-refractivity contribution in [3.05, 3.63) is 58.8 Å². The SMILES string of the molecule is CC(NC(=O)NCc1ccnc(OCC(F)(F)F)c1)c1ccc2c(c1)CCCC2. The molecule has 0 saturated carbocycles. The number of nitrogens with one attached hydrogen (secondary N) is 2. The molecule has 2 aromatic rings. The van der Waals surface area contributed by atoms with Gasteiger partial charge in [-0.1, -0.05) is 18.2 Å². The molecule has 156 valence electrons. The lowest BCUT2D eigenvalue weighted by molar-refractivity contribution is -0.154. The van der Waals surface area contributed by atoms with Crippen molar-refractivity contribution < 1.29 is 22.7 Å². The number of pyridine rings is 1. The molecular formula is C21H24F3N3O2. The molecule has 1 heterocycles. The van der Waals surface area contributed by atoms with Crippen molar-refractivity contribution in [1.29, 1.82) is 0 Å². The molecule has 1 aliphatic carbocycles. The molecule has 29 heavy (non-hydrogen) atoms. The van der Waals surface area contributed by atoms with Crippen molar-refractivity contribution in [2.45, 2.75) is 51.4 Å². The first-order valence-corrected chi connectivity index (χ1v) is 9.61. The van der Waals surface area contributed by atoms with E-state index < -0.39 is 12.8 Å². The number of nitrogens with zero attached hydrogens (tertiary/aromatic N) is 1. The summed E-state index contributed by atoms with van der Waals surface area (Å²) in [6.07, 6.45) is 1.51. The second-order valence-corrected chi connectivity index (χ2v) is 7.19. The highest BCUT2D eigenvalue weighted by Crippen LogP contribution is 2.24. The van der Waals surface area contributed by atoms with Crippen LogP contribution < -0.4 is 15.4 Å². The Hall–Kier alpha value is -2.77. The summed E-state index contributed by atoms with van der Waals surface area (Å²) in [6.45, 7) is 0.656. The van der Waals surface area contributed by atoms with Gasteiger partial charge in [-0.05, 0) is 60.9 Å². The highest BCUT2D eigenvalue weighted by atomic mass is 19.4. The number of carbonyl (C=O) groups is 1. The van der Waals surface area contributed by atoms with Crippen LogP contribution in [0, 0.1) is 0 Å². The van der Waals surface area contributed by atoms with Gasteiger partial charge in [-0.3, -0.25) is 0 Å². The van der Waals surface area contributed by atoms with E-state index >= 15 is 0 Å². The van der Waals surface area contributed by atoms with Gasteiger partial charge in [0.05, 0.1) is 6.04 Å². The van der Waals surface area contributed by atoms with Gasteiger partial charge in [-0.15, -0.1) is 0 Å². The minimum atomic E-state index is -4.43. The van der Waals surface area contributed by atoms with Crippen molar-refractivity contribution >= 4 is 6.03 Å². The zero-order valence-corrected chi connectivity index (χ0v) is 16.2. The lowest BCUT2D eigenvalue weighted by Crippen LogP contribution is -2.36. The smallest absolute Gasteiger partial charge is 0.422 e. The van der Waals surface area contributed by atoms with E-state index in [2.05, 4.69) is 32.5 Å². The Kier molecular flexibility index (Phi) is 6.61. The minimum absolute atomic E-state index is 0.135. The Morgan fingerprint density at radius 1 is 1.17 bits per heavy atom. The number of carbonyl (C=O) groups excluding carboxylic acids is 1. The number of benzene rings is 1. The lowest BCUT2D eigenvalue weighted by atomic mass is 9.89. The summed E-state index contributed by atoms with van der Waals surface area (Å²) in [5.74, 6) is -0.135. The van der Waals surface area contributed by atoms with Gasteiger partial charge in [0.25, 0.3) is 0 Å². The minimum Gasteiger partial charge on any atom is -0.468 e. The Morgan fingerprint density at radius 2 is 1.93 bits per heavy atom. The fourth-order valence-electron chi connectivity index (χ4n) is 3.33. The van der Waals surface area contributed by atoms with Crippen molar-refractivity contribution in [3.63, 3.8) is 0 Å². The van der Waals surface area contributed by atoms with E-state index in [0.717, 1.165) is 18.4 Å². The molecule has 1 aromatic carbocycles. The second kappa shape index (κ2) is 9.15. The molecule has 0 fully saturated rings. The number of urea groups is 1. The molecule has 1 aliphatic rings. The van der Waals surface area contributed by atoms with Gasteiger partial charge in [-0.25, -0.2) is 9.78 Å². The highest BCUT2D eigenvalue weighted by molar-refractivity contribution is 5.74. The Bertz CT molecular complexity index is 855. The van der Waals surface area contributed by atoms with E-state index in [4.69, 9.17) is 0 Å². The van der Waals surface area contributed by atoms with Crippen molar-refractivity contribution in [1.82, 2.24) is 15.6 Å². The Labute approximate surface area is 167 Å². The predicted molar refractivity (Wildman–Crippen MR) is 103 cm³/mol. The summed E-state index contributed by atoms with van der Waals surface area (Å²) in [7, 11) is 0. The normalized spacial score (nSPS) is 14.6. The average Bonchev–Trinajstić information content (AvgIpc) is 2.70. The van der Waals surface area contributed by atoms with Crippen LogP contribution in [0.1, 0.15) is 48.1 Å². The van der Waals surface area contributed by atoms with Gasteiger partial charge < -0.3 is 15.4 Å². The lowest BCUT2D eigenvalue weighted by Gasteiger charge is -2.20. The number of aromatic nitrogens is 1. The summed E-state index contributed by atoms with van der Waals surface area (Å²) >= 11 is 0. The van der Waals surface area contributed by atoms with Gasteiger partial charge >= 0.3 is 12.2 Å². The molecule has 1 atom stereocenters. The van der Waals surface area contributed by atoms with Crippen LogP contribution in [0.5, 0.6) is 5.88 Å². The molecule has 3 rings (SSSR count). The predicted octanol–water partition coefficient (Wildman–Crippen LogP) is 4.46. The second-order valence-electron chi connectivity index (χ2n) is 7.19. The van der Waals surface area contributed by atoms with Crippen molar-refractivity contribution in [2.24, 2.45) is 0 Å². The third kappa shape index (κ3) is 6.37. The molecule has 0 spiro atoms. The topological polar surface area (TPSA) is 63.2 Å². The highest BCUT2D eigenvalue weighted by Gasteiger charge is 2.28. The number of alkyl halides is 3. The molecular weight excluding hydrogens is 383 g/mol. The first-order chi connectivity index (χ1) is 13.8. The van der Waals surface area contributed by atoms with Gasteiger partial charge in [-0.2, -0.15) is 13.2 Å². The molecule has 5 nitrogen and oxygen atoms in total. The third-order valence-corrected chi connectivity index (χ3v) is 4.86. The summed E-state index contributed by atoms with van der Waals surface area (Å²) in [4.78, 5) is 16.0. The largest absolute Gasteiger partial charge is 0.468 e. The molecule has 0 radical (unpaired) electrons. The van der Waals surface area contributed by atoms with Gasteiger partial charge in [0.2, 0.25) is 5.88 Å². The maximum Gasteiger partial charge on any atom is 0.422 e. The molecule has 2 N–H and O–H groups in total. The number of aryl methyl sites for hydroxylation is 2. The van der Waals surface area contributed by atoms with Crippen LogP contribution >= 0.6 is 0 Å². The van der Waals surface area contributed by atoms with E-state index in [1.807, 2.05) is 13.0 Å². The van der Waals surface area contributed by atoms with E-state index in [-0.39, 0.29) is 24.5 Å². The van der Waals surface area contributed by atoms with Gasteiger partial charge in [0.1, 0.15) is 0 Å². The van der Waals surface area contributed by atoms with Crippen LogP contribution in [0.3, 0.4) is 0 Å². The van der Waals surface area contributed by atoms with Crippen LogP contribution in [-0.2, 0) is 19.4 Å². The number of halogens is 3. The van der Waals surface area contributed by atoms with Crippen LogP contribution in [0.4, 0.5) is 18.0 Å². The molecule has 2 amide bonds. The summed E-state index contributed by atoms with van der Waals surface area (Å²) in [5, 5.41) is 5.59. The van der Waals surface area contributed by atoms with Crippen LogP contribution in [-0.4, -0.2) is 23.8 Å². The Morgan fingerprint density at radius 3 is 2.69 bits per heavy atom. The number of hydrogen-bond acceptors (Lipinski definition) is 3. The number of rotatable bonds is 6. The molecule has 0 aliphatic heterocycles. The van der Waals surface area contributed by atoms with E-state index in [0.29, 0.717) is 5.56 Å². The van der Waals surface area contributed by atoms with Crippen molar-refractivity contribution in [2.75, 3.05) is 6.61 Å². The number of fused-ring (bicyclic) bond motifs is 1. The number of ether oxygens (including phenoxy) is 1. The quantitative estimate of drug-likeness (QED) is 0.743. The Balaban J connectivity index is 1.51. The maximum absolute atomic E-state index is 12.2.